The molecule has 0 aliphatic rings. The van der Waals surface area contributed by atoms with E-state index in [1.165, 1.54) is 5.92 Å². The monoisotopic (exact) mass is 237 g/mol. The molecule has 0 aromatic rings. The topological polar surface area (TPSA) is 42.3 Å². The van der Waals surface area contributed by atoms with E-state index in [1.807, 2.05) is 0 Å². The molecule has 0 saturated carbocycles. The minimum absolute atomic E-state index is 0. The molecule has 0 bridgehead atoms. The maximum Gasteiger partial charge on any atom is 4.00 e. The van der Waals surface area contributed by atoms with E-state index in [0.29, 0.717) is 0 Å². The predicted octanol–water partition coefficient (Wildman–Crippen LogP) is 3.48. The van der Waals surface area contributed by atoms with Crippen molar-refractivity contribution < 1.29 is 21.7 Å². The summed E-state index contributed by atoms with van der Waals surface area (Å²) in [5, 5.41) is 10.5. The number of hydrogen-bond acceptors (Lipinski definition) is 0. The number of hydrogen-bond donors (Lipinski definition) is 0. The summed E-state index contributed by atoms with van der Waals surface area (Å²) in [7, 11) is 10.5. The van der Waals surface area contributed by atoms with Gasteiger partial charge >= 0.3 is 21.7 Å². The van der Waals surface area contributed by atoms with E-state index >= 15 is 0 Å². The Morgan fingerprint density at radius 2 is 0.571 bits per heavy atom. The second-order valence-electron chi connectivity index (χ2n) is 2.84. The van der Waals surface area contributed by atoms with Crippen LogP contribution in [0.1, 0.15) is 20.8 Å². The third-order valence-electron chi connectivity index (χ3n) is 0. The van der Waals surface area contributed by atoms with Gasteiger partial charge in [-0.15, -0.1) is 0 Å². The summed E-state index contributed by atoms with van der Waals surface area (Å²) in [6.45, 7) is 6.25. The molecule has 0 aromatic heterocycles. The van der Waals surface area contributed by atoms with Crippen LogP contribution in [0.15, 0.2) is 0 Å². The van der Waals surface area contributed by atoms with Crippen LogP contribution in [-0.2, 0) is 21.7 Å². The summed E-state index contributed by atoms with van der Waals surface area (Å²) in [6.07, 6.45) is 0. The first-order valence-electron chi connectivity index (χ1n) is 4.18. The molecule has 0 heterocycles. The van der Waals surface area contributed by atoms with Crippen LogP contribution in [0.2, 0.25) is 0 Å². The van der Waals surface area contributed by atoms with E-state index in [0.717, 1.165) is 0 Å². The molecule has 0 aliphatic carbocycles. The average Bonchev–Trinajstić information content (AvgIpc) is 1.88. The molecule has 4 heteroatoms. The normalized spacial score (nSPS) is 6.43. The zero-order chi connectivity index (χ0) is 11.7. The van der Waals surface area contributed by atoms with Gasteiger partial charge in [0.05, 0.1) is 0 Å². The Hall–Kier alpha value is 0.594. The Balaban J connectivity index is -0.0000000254. The van der Waals surface area contributed by atoms with Gasteiger partial charge in [0.2, 0.25) is 0 Å². The summed E-state index contributed by atoms with van der Waals surface area (Å²) < 4.78 is 0. The smallest absolute Gasteiger partial charge is 0.668 e. The fraction of sp³-hybridized carbons (Fsp3) is 0.900. The minimum atomic E-state index is 0. The molecule has 0 amide bonds. The van der Waals surface area contributed by atoms with Crippen molar-refractivity contribution in [2.45, 2.75) is 20.8 Å². The summed E-state index contributed by atoms with van der Waals surface area (Å²) >= 11 is 0. The van der Waals surface area contributed by atoms with Gasteiger partial charge in [-0.25, -0.2) is 0 Å². The van der Waals surface area contributed by atoms with E-state index in [2.05, 4.69) is 36.7 Å². The fourth-order valence-electron chi connectivity index (χ4n) is 0. The van der Waals surface area contributed by atoms with Gasteiger partial charge in [0.25, 0.3) is 0 Å². The van der Waals surface area contributed by atoms with Crippen LogP contribution in [-0.4, -0.2) is 42.3 Å². The number of rotatable bonds is 0. The molecular formula is C10H27N3Ti. The summed E-state index contributed by atoms with van der Waals surface area (Å²) in [6, 6.07) is 0. The molecule has 0 aromatic carbocycles. The zero-order valence-corrected chi connectivity index (χ0v) is 12.9. The SMILES string of the molecule is C[C-](C)C.C[N-]C.C[N-]C.C[N-]C.[Ti+4]. The van der Waals surface area contributed by atoms with Crippen molar-refractivity contribution in [3.8, 4) is 0 Å². The Bertz CT molecular complexity index is 36.8. The first kappa shape index (κ1) is 29.3. The Labute approximate surface area is 107 Å². The maximum atomic E-state index is 3.50. The van der Waals surface area contributed by atoms with Gasteiger partial charge in [-0.05, 0) is 0 Å². The van der Waals surface area contributed by atoms with Gasteiger partial charge in [0.15, 0.2) is 0 Å². The molecular weight excluding hydrogens is 210 g/mol. The van der Waals surface area contributed by atoms with Crippen LogP contribution in [0.5, 0.6) is 0 Å². The van der Waals surface area contributed by atoms with E-state index < -0.39 is 0 Å². The molecule has 14 heavy (non-hydrogen) atoms. The van der Waals surface area contributed by atoms with Crippen LogP contribution < -0.4 is 0 Å². The van der Waals surface area contributed by atoms with Crippen molar-refractivity contribution in [3.63, 3.8) is 0 Å². The molecule has 3 nitrogen and oxygen atoms in total. The third kappa shape index (κ3) is 4790. The second-order valence-corrected chi connectivity index (χ2v) is 2.84. The summed E-state index contributed by atoms with van der Waals surface area (Å²) in [5.41, 5.74) is 0. The van der Waals surface area contributed by atoms with Crippen LogP contribution in [0, 0.1) is 5.92 Å². The molecule has 0 unspecified atom stereocenters. The van der Waals surface area contributed by atoms with Crippen LogP contribution in [0.25, 0.3) is 16.0 Å². The van der Waals surface area contributed by atoms with Gasteiger partial charge in [-0.3, -0.25) is 0 Å². The molecule has 0 atom stereocenters. The van der Waals surface area contributed by atoms with E-state index in [-0.39, 0.29) is 21.7 Å². The van der Waals surface area contributed by atoms with Crippen molar-refractivity contribution >= 4 is 0 Å². The fourth-order valence-corrected chi connectivity index (χ4v) is 0. The maximum absolute atomic E-state index is 3.50. The van der Waals surface area contributed by atoms with Crippen molar-refractivity contribution in [3.05, 3.63) is 21.9 Å². The van der Waals surface area contributed by atoms with Crippen LogP contribution in [0.3, 0.4) is 0 Å². The Kier molecular flexibility index (Phi) is 104. The third-order valence-corrected chi connectivity index (χ3v) is 0. The number of nitrogens with zero attached hydrogens (tertiary/aromatic N) is 3. The average molecular weight is 237 g/mol. The van der Waals surface area contributed by atoms with Crippen LogP contribution >= 0.6 is 0 Å². The van der Waals surface area contributed by atoms with Gasteiger partial charge in [-0.1, -0.05) is 0 Å². The van der Waals surface area contributed by atoms with Crippen molar-refractivity contribution in [2.75, 3.05) is 42.3 Å². The molecule has 0 saturated heterocycles. The molecule has 0 N–H and O–H groups in total. The molecule has 0 fully saturated rings. The van der Waals surface area contributed by atoms with Crippen molar-refractivity contribution in [2.24, 2.45) is 0 Å². The summed E-state index contributed by atoms with van der Waals surface area (Å²) in [5.74, 6) is 1.42. The first-order chi connectivity index (χ1) is 5.97. The van der Waals surface area contributed by atoms with E-state index in [1.54, 1.807) is 42.3 Å². The van der Waals surface area contributed by atoms with Crippen molar-refractivity contribution in [1.29, 1.82) is 0 Å². The molecule has 86 valence electrons. The molecule has 0 rings (SSSR count). The van der Waals surface area contributed by atoms with Gasteiger partial charge in [0.1, 0.15) is 0 Å². The van der Waals surface area contributed by atoms with Gasteiger partial charge < -0.3 is 21.9 Å². The van der Waals surface area contributed by atoms with Gasteiger partial charge in [-0.2, -0.15) is 63.1 Å². The summed E-state index contributed by atoms with van der Waals surface area (Å²) in [4.78, 5) is 0. The molecule has 0 aliphatic heterocycles. The molecule has 0 radical (unpaired) electrons. The van der Waals surface area contributed by atoms with Crippen molar-refractivity contribution in [1.82, 2.24) is 0 Å². The second kappa shape index (κ2) is 49.6. The standard InChI is InChI=1S/C4H9.3C2H6N.Ti/c1-4(2)3;3*1-3-2;/h1-3H3;3*1-2H3;/q4*-1;+4. The van der Waals surface area contributed by atoms with Crippen LogP contribution in [0.4, 0.5) is 0 Å². The van der Waals surface area contributed by atoms with E-state index in [9.17, 15) is 0 Å². The zero-order valence-electron chi connectivity index (χ0n) is 11.3. The largest absolute Gasteiger partial charge is 4.00 e. The van der Waals surface area contributed by atoms with E-state index in [4.69, 9.17) is 0 Å². The first-order valence-corrected chi connectivity index (χ1v) is 4.18. The van der Waals surface area contributed by atoms with Gasteiger partial charge in [0, 0.05) is 0 Å². The Morgan fingerprint density at radius 1 is 0.571 bits per heavy atom. The predicted molar refractivity (Wildman–Crippen MR) is 65.9 cm³/mol. The Morgan fingerprint density at radius 3 is 0.571 bits per heavy atom. The molecule has 0 spiro atoms. The minimum Gasteiger partial charge on any atom is -0.668 e. The quantitative estimate of drug-likeness (QED) is 0.457.